The van der Waals surface area contributed by atoms with E-state index in [1.165, 1.54) is 0 Å². The van der Waals surface area contributed by atoms with Crippen LogP contribution in [-0.2, 0) is 19.2 Å². The van der Waals surface area contributed by atoms with Gasteiger partial charge in [-0.15, -0.1) is 0 Å². The van der Waals surface area contributed by atoms with Crippen molar-refractivity contribution >= 4 is 35.1 Å². The molecule has 1 aliphatic heterocycles. The van der Waals surface area contributed by atoms with E-state index in [0.29, 0.717) is 5.56 Å². The molecule has 2 fully saturated rings. The first-order valence-electron chi connectivity index (χ1n) is 8.23. The van der Waals surface area contributed by atoms with Crippen LogP contribution in [0.2, 0.25) is 0 Å². The molecular weight excluding hydrogens is 338 g/mol. The van der Waals surface area contributed by atoms with Crippen LogP contribution >= 0.6 is 0 Å². The number of nitrogens with one attached hydrogen (secondary N) is 2. The minimum absolute atomic E-state index is 0.453. The Balaban J connectivity index is 1.87. The molecule has 1 aromatic carbocycles. The molecule has 0 unspecified atom stereocenters. The van der Waals surface area contributed by atoms with Crippen LogP contribution in [0, 0.1) is 0 Å². The van der Waals surface area contributed by atoms with Crippen molar-refractivity contribution in [1.29, 1.82) is 0 Å². The Bertz CT molecular complexity index is 825. The van der Waals surface area contributed by atoms with Gasteiger partial charge >= 0.3 is 6.03 Å². The molecule has 2 aliphatic rings. The number of hydrogen-bond donors (Lipinski definition) is 2. The summed E-state index contributed by atoms with van der Waals surface area (Å²) in [5, 5.41) is 3.72. The second-order valence-corrected chi connectivity index (χ2v) is 5.91. The number of hydrogen-bond acceptors (Lipinski definition) is 6. The highest BCUT2D eigenvalue weighted by Crippen LogP contribution is 2.37. The predicted octanol–water partition coefficient (Wildman–Crippen LogP) is 0.431. The number of imide groups is 2. The first-order chi connectivity index (χ1) is 12.4. The highest BCUT2D eigenvalue weighted by Gasteiger charge is 2.50. The van der Waals surface area contributed by atoms with E-state index < -0.39 is 46.5 Å². The molecule has 0 spiro atoms. The lowest BCUT2D eigenvalue weighted by atomic mass is 9.70. The molecule has 26 heavy (non-hydrogen) atoms. The maximum absolute atomic E-state index is 12.4. The fraction of sp³-hybridized carbons (Fsp3) is 0.278. The van der Waals surface area contributed by atoms with Crippen LogP contribution in [0.1, 0.15) is 25.3 Å². The third-order valence-corrected chi connectivity index (χ3v) is 4.53. The zero-order chi connectivity index (χ0) is 19.0. The van der Waals surface area contributed by atoms with Gasteiger partial charge in [-0.2, -0.15) is 0 Å². The van der Waals surface area contributed by atoms with Crippen LogP contribution in [0.25, 0.3) is 0 Å². The zero-order valence-corrected chi connectivity index (χ0v) is 14.3. The van der Waals surface area contributed by atoms with Crippen molar-refractivity contribution in [2.45, 2.75) is 19.8 Å². The summed E-state index contributed by atoms with van der Waals surface area (Å²) in [6.45, 7) is 5.71. The fourth-order valence-corrected chi connectivity index (χ4v) is 3.16. The predicted molar refractivity (Wildman–Crippen MR) is 91.5 cm³/mol. The van der Waals surface area contributed by atoms with E-state index in [-0.39, 0.29) is 0 Å². The Morgan fingerprint density at radius 2 is 1.31 bits per heavy atom. The maximum atomic E-state index is 12.4. The molecule has 4 amide bonds. The van der Waals surface area contributed by atoms with E-state index in [2.05, 4.69) is 4.90 Å². The molecule has 2 N–H and O–H groups in total. The molecule has 1 saturated heterocycles. The van der Waals surface area contributed by atoms with Crippen LogP contribution in [0.5, 0.6) is 0 Å². The van der Waals surface area contributed by atoms with E-state index in [4.69, 9.17) is 0 Å². The van der Waals surface area contributed by atoms with Crippen molar-refractivity contribution in [3.63, 3.8) is 0 Å². The molecule has 134 valence electrons. The number of carbonyl (C=O) groups is 5. The lowest BCUT2D eigenvalue weighted by Crippen LogP contribution is -2.54. The average Bonchev–Trinajstić information content (AvgIpc) is 2.60. The number of Topliss-reactive ketones (excluding diaryl/α,β-unsaturated/α-hetero) is 2. The molecule has 3 rings (SSSR count). The van der Waals surface area contributed by atoms with Gasteiger partial charge in [-0.25, -0.2) is 4.79 Å². The van der Waals surface area contributed by atoms with Gasteiger partial charge in [0.1, 0.15) is 11.5 Å². The Morgan fingerprint density at radius 3 is 1.77 bits per heavy atom. The fourth-order valence-electron chi connectivity index (χ4n) is 3.16. The summed E-state index contributed by atoms with van der Waals surface area (Å²) in [5.41, 5.74) is 0.426. The molecule has 0 atom stereocenters. The third-order valence-electron chi connectivity index (χ3n) is 4.53. The van der Waals surface area contributed by atoms with Crippen LogP contribution in [0.15, 0.2) is 35.4 Å². The number of urea groups is 1. The lowest BCUT2D eigenvalue weighted by molar-refractivity contribution is -0.135. The van der Waals surface area contributed by atoms with E-state index in [0.717, 1.165) is 18.8 Å². The normalized spacial score (nSPS) is 19.9. The van der Waals surface area contributed by atoms with Crippen molar-refractivity contribution in [2.24, 2.45) is 0 Å². The van der Waals surface area contributed by atoms with Gasteiger partial charge in [-0.1, -0.05) is 12.1 Å². The van der Waals surface area contributed by atoms with E-state index in [1.807, 2.05) is 36.6 Å². The number of nitrogens with zero attached hydrogens (tertiary/aromatic N) is 1. The summed E-state index contributed by atoms with van der Waals surface area (Å²) in [6.07, 6.45) is 0. The number of carbonyl (C=O) groups excluding carboxylic acids is 5. The number of amides is 4. The van der Waals surface area contributed by atoms with Crippen molar-refractivity contribution in [1.82, 2.24) is 10.6 Å². The zero-order valence-electron chi connectivity index (χ0n) is 14.3. The molecule has 8 heteroatoms. The molecular formula is C18H17N3O5. The summed E-state index contributed by atoms with van der Waals surface area (Å²) in [7, 11) is 0. The molecule has 0 radical (unpaired) electrons. The largest absolute Gasteiger partial charge is 0.372 e. The van der Waals surface area contributed by atoms with Gasteiger partial charge in [0.2, 0.25) is 0 Å². The van der Waals surface area contributed by atoms with Gasteiger partial charge in [0.05, 0.1) is 5.57 Å². The van der Waals surface area contributed by atoms with Crippen molar-refractivity contribution in [3.8, 4) is 0 Å². The van der Waals surface area contributed by atoms with E-state index in [1.54, 1.807) is 12.1 Å². The topological polar surface area (TPSA) is 113 Å². The average molecular weight is 355 g/mol. The standard InChI is InChI=1S/C18H17N3O5/c1-3-21(4-2)10-7-5-9(6-8-10)11-14(22)12(15(11)23)13-16(24)19-18(26)20-17(13)25/h5-8,11H,3-4H2,1-2H3,(H2,19,20,24,25,26). The second kappa shape index (κ2) is 6.55. The van der Waals surface area contributed by atoms with Crippen LogP contribution < -0.4 is 15.5 Å². The van der Waals surface area contributed by atoms with Gasteiger partial charge in [-0.3, -0.25) is 29.8 Å². The third kappa shape index (κ3) is 2.69. The van der Waals surface area contributed by atoms with Gasteiger partial charge in [0.15, 0.2) is 11.6 Å². The van der Waals surface area contributed by atoms with Gasteiger partial charge in [-0.05, 0) is 31.5 Å². The Hall–Kier alpha value is -3.29. The first-order valence-corrected chi connectivity index (χ1v) is 8.23. The van der Waals surface area contributed by atoms with Gasteiger partial charge < -0.3 is 4.90 Å². The first kappa shape index (κ1) is 17.5. The number of rotatable bonds is 4. The highest BCUT2D eigenvalue weighted by atomic mass is 16.2. The SMILES string of the molecule is CCN(CC)c1ccc(C2C(=O)C(=C3C(=O)NC(=O)NC3=O)C2=O)cc1. The highest BCUT2D eigenvalue weighted by molar-refractivity contribution is 6.48. The molecule has 1 aromatic rings. The molecule has 1 saturated carbocycles. The lowest BCUT2D eigenvalue weighted by Gasteiger charge is -2.29. The number of benzene rings is 1. The van der Waals surface area contributed by atoms with Crippen molar-refractivity contribution in [3.05, 3.63) is 41.0 Å². The monoisotopic (exact) mass is 355 g/mol. The molecule has 8 nitrogen and oxygen atoms in total. The van der Waals surface area contributed by atoms with Gasteiger partial charge in [0.25, 0.3) is 11.8 Å². The Labute approximate surface area is 149 Å². The summed E-state index contributed by atoms with van der Waals surface area (Å²) < 4.78 is 0. The molecule has 1 heterocycles. The van der Waals surface area contributed by atoms with Gasteiger partial charge in [0, 0.05) is 18.8 Å². The summed E-state index contributed by atoms with van der Waals surface area (Å²) in [4.78, 5) is 61.7. The number of allylic oxidation sites excluding steroid dienone is 1. The van der Waals surface area contributed by atoms with E-state index >= 15 is 0 Å². The number of barbiturate groups is 1. The second-order valence-electron chi connectivity index (χ2n) is 5.91. The summed E-state index contributed by atoms with van der Waals surface area (Å²) in [6, 6.07) is 6.06. The van der Waals surface area contributed by atoms with Crippen LogP contribution in [-0.4, -0.2) is 42.5 Å². The Morgan fingerprint density at radius 1 is 0.808 bits per heavy atom. The van der Waals surface area contributed by atoms with Crippen molar-refractivity contribution < 1.29 is 24.0 Å². The summed E-state index contributed by atoms with van der Waals surface area (Å²) >= 11 is 0. The number of ketones is 2. The van der Waals surface area contributed by atoms with Crippen LogP contribution in [0.3, 0.4) is 0 Å². The quantitative estimate of drug-likeness (QED) is 0.460. The number of anilines is 1. The molecule has 0 bridgehead atoms. The smallest absolute Gasteiger partial charge is 0.328 e. The molecule has 1 aliphatic carbocycles. The minimum Gasteiger partial charge on any atom is -0.372 e. The van der Waals surface area contributed by atoms with Crippen LogP contribution in [0.4, 0.5) is 10.5 Å². The van der Waals surface area contributed by atoms with E-state index in [9.17, 15) is 24.0 Å². The molecule has 0 aromatic heterocycles. The van der Waals surface area contributed by atoms with Crippen molar-refractivity contribution in [2.75, 3.05) is 18.0 Å². The minimum atomic E-state index is -1.04. The maximum Gasteiger partial charge on any atom is 0.328 e. The Kier molecular flexibility index (Phi) is 4.41. The summed E-state index contributed by atoms with van der Waals surface area (Å²) in [5.74, 6) is -4.29.